The zero-order valence-corrected chi connectivity index (χ0v) is 15.1. The van der Waals surface area contributed by atoms with Crippen molar-refractivity contribution in [3.63, 3.8) is 0 Å². The minimum Gasteiger partial charge on any atom is -0.477 e. The molecule has 122 valence electrons. The summed E-state index contributed by atoms with van der Waals surface area (Å²) in [5.41, 5.74) is 3.93. The first-order valence-electron chi connectivity index (χ1n) is 8.09. The molecule has 0 radical (unpaired) electrons. The third kappa shape index (κ3) is 4.14. The molecule has 3 heteroatoms. The van der Waals surface area contributed by atoms with Crippen LogP contribution in [0.3, 0.4) is 0 Å². The highest BCUT2D eigenvalue weighted by Gasteiger charge is 2.26. The molecule has 0 saturated carbocycles. The Morgan fingerprint density at radius 2 is 2.22 bits per heavy atom. The summed E-state index contributed by atoms with van der Waals surface area (Å²) >= 11 is 1.26. The molecule has 0 amide bonds. The first kappa shape index (κ1) is 17.6. The molecular weight excluding hydrogens is 304 g/mol. The molecule has 2 nitrogen and oxygen atoms in total. The molecule has 0 bridgehead atoms. The fraction of sp³-hybridized carbons (Fsp3) is 0.450. The third-order valence-corrected chi connectivity index (χ3v) is 5.54. The molecule has 0 fully saturated rings. The number of carbonyl (C=O) groups is 1. The molecule has 0 spiro atoms. The van der Waals surface area contributed by atoms with E-state index in [0.717, 1.165) is 16.9 Å². The lowest BCUT2D eigenvalue weighted by Gasteiger charge is -2.32. The summed E-state index contributed by atoms with van der Waals surface area (Å²) in [4.78, 5) is 12.4. The molecule has 1 heterocycles. The van der Waals surface area contributed by atoms with Gasteiger partial charge in [-0.1, -0.05) is 44.3 Å². The molecule has 1 aliphatic rings. The monoisotopic (exact) mass is 328 g/mol. The van der Waals surface area contributed by atoms with Crippen molar-refractivity contribution >= 4 is 17.3 Å². The number of aryl methyl sites for hydroxylation is 1. The van der Waals surface area contributed by atoms with Crippen LogP contribution in [0, 0.1) is 17.3 Å². The highest BCUT2D eigenvalue weighted by Crippen LogP contribution is 2.40. The zero-order chi connectivity index (χ0) is 17.0. The Kier molecular flexibility index (Phi) is 5.49. The fourth-order valence-electron chi connectivity index (χ4n) is 3.18. The summed E-state index contributed by atoms with van der Waals surface area (Å²) in [5.74, 6) is 5.27. The molecule has 1 aromatic heterocycles. The van der Waals surface area contributed by atoms with Crippen molar-refractivity contribution < 1.29 is 9.90 Å². The molecule has 1 N–H and O–H groups in total. The van der Waals surface area contributed by atoms with Crippen LogP contribution in [-0.2, 0) is 6.42 Å². The van der Waals surface area contributed by atoms with Gasteiger partial charge in [0, 0.05) is 0 Å². The Morgan fingerprint density at radius 3 is 2.78 bits per heavy atom. The number of rotatable bonds is 3. The van der Waals surface area contributed by atoms with Crippen molar-refractivity contribution in [3.8, 4) is 11.8 Å². The van der Waals surface area contributed by atoms with E-state index in [1.165, 1.54) is 41.7 Å². The molecule has 23 heavy (non-hydrogen) atoms. The van der Waals surface area contributed by atoms with E-state index in [4.69, 9.17) is 0 Å². The predicted octanol–water partition coefficient (Wildman–Crippen LogP) is 5.44. The van der Waals surface area contributed by atoms with Gasteiger partial charge >= 0.3 is 5.97 Å². The maximum absolute atomic E-state index is 11.2. The van der Waals surface area contributed by atoms with Crippen LogP contribution >= 0.6 is 11.3 Å². The average molecular weight is 328 g/mol. The number of hydrogen-bond donors (Lipinski definition) is 1. The lowest BCUT2D eigenvalue weighted by Crippen LogP contribution is -2.18. The summed E-state index contributed by atoms with van der Waals surface area (Å²) in [6, 6.07) is 1.89. The minimum absolute atomic E-state index is 0.218. The van der Waals surface area contributed by atoms with Crippen LogP contribution in [0.1, 0.15) is 67.1 Å². The number of carboxylic acid groups (broad SMARTS) is 1. The van der Waals surface area contributed by atoms with E-state index >= 15 is 0 Å². The van der Waals surface area contributed by atoms with Crippen molar-refractivity contribution in [3.05, 3.63) is 44.7 Å². The lowest BCUT2D eigenvalue weighted by molar-refractivity contribution is 0.0701. The molecule has 0 saturated heterocycles. The van der Waals surface area contributed by atoms with E-state index in [2.05, 4.69) is 38.7 Å². The molecule has 1 aromatic rings. The van der Waals surface area contributed by atoms with Crippen LogP contribution in [0.2, 0.25) is 0 Å². The number of allylic oxidation sites excluding steroid dienone is 4. The van der Waals surface area contributed by atoms with E-state index in [9.17, 15) is 9.90 Å². The molecule has 0 aromatic carbocycles. The zero-order valence-electron chi connectivity index (χ0n) is 14.3. The molecule has 2 rings (SSSR count). The van der Waals surface area contributed by atoms with Crippen LogP contribution < -0.4 is 0 Å². The van der Waals surface area contributed by atoms with Crippen molar-refractivity contribution in [2.24, 2.45) is 5.41 Å². The van der Waals surface area contributed by atoms with Gasteiger partial charge in [-0.3, -0.25) is 0 Å². The van der Waals surface area contributed by atoms with Crippen LogP contribution in [0.4, 0.5) is 0 Å². The molecule has 0 atom stereocenters. The quantitative estimate of drug-likeness (QED) is 0.750. The summed E-state index contributed by atoms with van der Waals surface area (Å²) < 4.78 is 0. The smallest absolute Gasteiger partial charge is 0.346 e. The van der Waals surface area contributed by atoms with Crippen molar-refractivity contribution in [1.82, 2.24) is 0 Å². The minimum atomic E-state index is -0.861. The van der Waals surface area contributed by atoms with Crippen molar-refractivity contribution in [2.75, 3.05) is 0 Å². The Bertz CT molecular complexity index is 721. The van der Waals surface area contributed by atoms with Gasteiger partial charge in [0.05, 0.1) is 4.88 Å². The first-order chi connectivity index (χ1) is 10.8. The van der Waals surface area contributed by atoms with Crippen LogP contribution in [0.5, 0.6) is 0 Å². The van der Waals surface area contributed by atoms with Gasteiger partial charge in [-0.15, -0.1) is 11.3 Å². The predicted molar refractivity (Wildman–Crippen MR) is 97.0 cm³/mol. The topological polar surface area (TPSA) is 37.3 Å². The van der Waals surface area contributed by atoms with Crippen LogP contribution in [-0.4, -0.2) is 11.1 Å². The van der Waals surface area contributed by atoms with Gasteiger partial charge in [-0.2, -0.15) is 0 Å². The van der Waals surface area contributed by atoms with Crippen LogP contribution in [0.15, 0.2) is 29.4 Å². The van der Waals surface area contributed by atoms with Crippen molar-refractivity contribution in [2.45, 2.75) is 53.4 Å². The normalized spacial score (nSPS) is 17.2. The summed E-state index contributed by atoms with van der Waals surface area (Å²) in [5, 5.41) is 9.18. The lowest BCUT2D eigenvalue weighted by atomic mass is 9.73. The van der Waals surface area contributed by atoms with Crippen LogP contribution in [0.25, 0.3) is 0 Å². The molecule has 0 unspecified atom stereocenters. The maximum Gasteiger partial charge on any atom is 0.346 e. The van der Waals surface area contributed by atoms with E-state index in [1.807, 2.05) is 19.1 Å². The third-order valence-electron chi connectivity index (χ3n) is 4.46. The average Bonchev–Trinajstić information content (AvgIpc) is 2.89. The summed E-state index contributed by atoms with van der Waals surface area (Å²) in [6.07, 6.45) is 8.39. The first-order valence-corrected chi connectivity index (χ1v) is 8.91. The van der Waals surface area contributed by atoms with E-state index in [-0.39, 0.29) is 5.41 Å². The van der Waals surface area contributed by atoms with Gasteiger partial charge in [0.25, 0.3) is 0 Å². The van der Waals surface area contributed by atoms with E-state index in [1.54, 1.807) is 0 Å². The Morgan fingerprint density at radius 1 is 1.48 bits per heavy atom. The SMILES string of the molecule is CCc1cc(C#CC=CC2=C(C)CCCC2(C)C)sc1C(=O)O. The Labute approximate surface area is 142 Å². The molecule has 0 aliphatic heterocycles. The summed E-state index contributed by atoms with van der Waals surface area (Å²) in [6.45, 7) is 8.75. The molecule has 1 aliphatic carbocycles. The van der Waals surface area contributed by atoms with Gasteiger partial charge in [-0.05, 0) is 61.3 Å². The van der Waals surface area contributed by atoms with Crippen molar-refractivity contribution in [1.29, 1.82) is 0 Å². The second-order valence-corrected chi connectivity index (χ2v) is 7.71. The molecular formula is C20H24O2S. The van der Waals surface area contributed by atoms with Gasteiger partial charge in [0.15, 0.2) is 0 Å². The number of carboxylic acids is 1. The fourth-order valence-corrected chi connectivity index (χ4v) is 4.13. The van der Waals surface area contributed by atoms with E-state index in [0.29, 0.717) is 4.88 Å². The van der Waals surface area contributed by atoms with Gasteiger partial charge < -0.3 is 5.11 Å². The van der Waals surface area contributed by atoms with E-state index < -0.39 is 5.97 Å². The van der Waals surface area contributed by atoms with Gasteiger partial charge in [0.2, 0.25) is 0 Å². The highest BCUT2D eigenvalue weighted by molar-refractivity contribution is 7.14. The number of thiophene rings is 1. The van der Waals surface area contributed by atoms with Gasteiger partial charge in [-0.25, -0.2) is 4.79 Å². The largest absolute Gasteiger partial charge is 0.477 e. The standard InChI is InChI=1S/C20H24O2S/c1-5-15-13-16(23-18(15)19(21)22)10-6-7-11-17-14(2)9-8-12-20(17,3)4/h7,11,13H,5,8-9,12H2,1-4H3,(H,21,22). The Balaban J connectivity index is 2.19. The Hall–Kier alpha value is -1.79. The summed E-state index contributed by atoms with van der Waals surface area (Å²) in [7, 11) is 0. The second-order valence-electron chi connectivity index (χ2n) is 6.66. The second kappa shape index (κ2) is 7.19. The number of hydrogen-bond acceptors (Lipinski definition) is 2. The maximum atomic E-state index is 11.2. The highest BCUT2D eigenvalue weighted by atomic mass is 32.1. The van der Waals surface area contributed by atoms with Gasteiger partial charge in [0.1, 0.15) is 4.88 Å². The number of aromatic carboxylic acids is 1.